The number of hydrogen-bond acceptors (Lipinski definition) is 4. The third-order valence-electron chi connectivity index (χ3n) is 3.69. The molecule has 1 aromatic carbocycles. The molecule has 0 saturated heterocycles. The number of carbonyl (C=O) groups is 1. The van der Waals surface area contributed by atoms with Gasteiger partial charge in [-0.25, -0.2) is 0 Å². The van der Waals surface area contributed by atoms with Crippen LogP contribution in [0.5, 0.6) is 0 Å². The van der Waals surface area contributed by atoms with E-state index >= 15 is 0 Å². The molecule has 2 heterocycles. The Morgan fingerprint density at radius 3 is 2.68 bits per heavy atom. The highest BCUT2D eigenvalue weighted by molar-refractivity contribution is 7.99. The zero-order valence-electron chi connectivity index (χ0n) is 13.7. The summed E-state index contributed by atoms with van der Waals surface area (Å²) in [5, 5.41) is 9.61. The maximum Gasteiger partial charge on any atom is 0.233 e. The fourth-order valence-electron chi connectivity index (χ4n) is 2.29. The summed E-state index contributed by atoms with van der Waals surface area (Å²) in [6.07, 6.45) is 1.69. The second-order valence-electron chi connectivity index (χ2n) is 5.71. The van der Waals surface area contributed by atoms with Gasteiger partial charge in [0, 0.05) is 19.8 Å². The van der Waals surface area contributed by atoms with Gasteiger partial charge in [-0.05, 0) is 18.6 Å². The Kier molecular flexibility index (Phi) is 5.51. The molecule has 0 unspecified atom stereocenters. The molecule has 0 fully saturated rings. The van der Waals surface area contributed by atoms with Gasteiger partial charge in [-0.15, -0.1) is 10.2 Å². The topological polar surface area (TPSA) is 50.5 Å². The number of carbonyl (C=O) groups excluding carboxylic acids is 1. The predicted molar refractivity (Wildman–Crippen MR) is 101 cm³/mol. The van der Waals surface area contributed by atoms with Crippen molar-refractivity contribution in [3.63, 3.8) is 0 Å². The molecule has 3 rings (SSSR count). The molecule has 0 saturated carbocycles. The summed E-state index contributed by atoms with van der Waals surface area (Å²) >= 11 is 13.4. The number of amides is 1. The quantitative estimate of drug-likeness (QED) is 0.611. The average Bonchev–Trinajstić information content (AvgIpc) is 2.98. The molecule has 0 spiro atoms. The highest BCUT2D eigenvalue weighted by atomic mass is 35.5. The first-order valence-corrected chi connectivity index (χ1v) is 9.30. The van der Waals surface area contributed by atoms with Crippen molar-refractivity contribution in [3.05, 3.63) is 57.7 Å². The third-order valence-corrected chi connectivity index (χ3v) is 5.10. The van der Waals surface area contributed by atoms with Crippen molar-refractivity contribution in [2.75, 3.05) is 12.8 Å². The standard InChI is InChI=1S/C17H16Cl2N4OS/c1-11-3-5-12(6-4-11)8-22(2)15(24)10-25-17-21-20-16-14(19)7-13(18)9-23(16)17/h3-7,9H,8,10H2,1-2H3. The zero-order valence-corrected chi connectivity index (χ0v) is 16.1. The Labute approximate surface area is 159 Å². The first-order valence-electron chi connectivity index (χ1n) is 7.56. The molecule has 3 aromatic rings. The van der Waals surface area contributed by atoms with Gasteiger partial charge in [-0.2, -0.15) is 0 Å². The maximum atomic E-state index is 12.4. The van der Waals surface area contributed by atoms with Crippen molar-refractivity contribution in [1.82, 2.24) is 19.5 Å². The van der Waals surface area contributed by atoms with Crippen LogP contribution < -0.4 is 0 Å². The van der Waals surface area contributed by atoms with Gasteiger partial charge in [0.1, 0.15) is 0 Å². The van der Waals surface area contributed by atoms with Crippen molar-refractivity contribution < 1.29 is 4.79 Å². The summed E-state index contributed by atoms with van der Waals surface area (Å²) in [4.78, 5) is 14.1. The van der Waals surface area contributed by atoms with Crippen LogP contribution in [0.25, 0.3) is 5.65 Å². The van der Waals surface area contributed by atoms with Gasteiger partial charge in [-0.1, -0.05) is 64.8 Å². The number of pyridine rings is 1. The minimum atomic E-state index is 0.00968. The van der Waals surface area contributed by atoms with Crippen LogP contribution in [-0.4, -0.2) is 38.2 Å². The Morgan fingerprint density at radius 1 is 1.24 bits per heavy atom. The molecule has 0 atom stereocenters. The van der Waals surface area contributed by atoms with Crippen molar-refractivity contribution in [2.24, 2.45) is 0 Å². The lowest BCUT2D eigenvalue weighted by Gasteiger charge is -2.17. The van der Waals surface area contributed by atoms with Gasteiger partial charge in [-0.3, -0.25) is 9.20 Å². The molecule has 0 aliphatic heterocycles. The number of halogens is 2. The predicted octanol–water partition coefficient (Wildman–Crippen LogP) is 4.10. The van der Waals surface area contributed by atoms with Crippen LogP contribution >= 0.6 is 35.0 Å². The number of aromatic nitrogens is 3. The summed E-state index contributed by atoms with van der Waals surface area (Å²) in [5.74, 6) is 0.267. The van der Waals surface area contributed by atoms with Crippen molar-refractivity contribution in [2.45, 2.75) is 18.6 Å². The van der Waals surface area contributed by atoms with E-state index < -0.39 is 0 Å². The van der Waals surface area contributed by atoms with E-state index in [2.05, 4.69) is 10.2 Å². The van der Waals surface area contributed by atoms with E-state index in [4.69, 9.17) is 23.2 Å². The fraction of sp³-hybridized carbons (Fsp3) is 0.235. The van der Waals surface area contributed by atoms with Crippen molar-refractivity contribution in [3.8, 4) is 0 Å². The Balaban J connectivity index is 1.65. The van der Waals surface area contributed by atoms with Crippen molar-refractivity contribution in [1.29, 1.82) is 0 Å². The van der Waals surface area contributed by atoms with Gasteiger partial charge < -0.3 is 4.90 Å². The number of nitrogens with zero attached hydrogens (tertiary/aromatic N) is 4. The first-order chi connectivity index (χ1) is 11.9. The normalized spacial score (nSPS) is 11.0. The molecule has 0 radical (unpaired) electrons. The van der Waals surface area contributed by atoms with E-state index in [-0.39, 0.29) is 11.7 Å². The van der Waals surface area contributed by atoms with Crippen LogP contribution in [0.15, 0.2) is 41.7 Å². The molecule has 1 amide bonds. The fourth-order valence-corrected chi connectivity index (χ4v) is 3.65. The number of rotatable bonds is 5. The molecular weight excluding hydrogens is 379 g/mol. The van der Waals surface area contributed by atoms with E-state index in [0.29, 0.717) is 27.4 Å². The second-order valence-corrected chi connectivity index (χ2v) is 7.49. The number of hydrogen-bond donors (Lipinski definition) is 0. The van der Waals surface area contributed by atoms with E-state index in [1.165, 1.54) is 17.3 Å². The monoisotopic (exact) mass is 394 g/mol. The molecule has 25 heavy (non-hydrogen) atoms. The minimum Gasteiger partial charge on any atom is -0.341 e. The molecule has 0 aliphatic rings. The highest BCUT2D eigenvalue weighted by Crippen LogP contribution is 2.25. The first kappa shape index (κ1) is 18.0. The summed E-state index contributed by atoms with van der Waals surface area (Å²) in [7, 11) is 1.79. The zero-order chi connectivity index (χ0) is 18.0. The van der Waals surface area contributed by atoms with Crippen LogP contribution in [0, 0.1) is 6.92 Å². The molecule has 0 bridgehead atoms. The van der Waals surface area contributed by atoms with Crippen LogP contribution in [0.1, 0.15) is 11.1 Å². The highest BCUT2D eigenvalue weighted by Gasteiger charge is 2.14. The van der Waals surface area contributed by atoms with Gasteiger partial charge >= 0.3 is 0 Å². The molecule has 130 valence electrons. The number of aryl methyl sites for hydroxylation is 1. The van der Waals surface area contributed by atoms with Crippen LogP contribution in [0.2, 0.25) is 10.0 Å². The number of thioether (sulfide) groups is 1. The van der Waals surface area contributed by atoms with Crippen molar-refractivity contribution >= 4 is 46.5 Å². The third kappa shape index (κ3) is 4.26. The minimum absolute atomic E-state index is 0.00968. The lowest BCUT2D eigenvalue weighted by atomic mass is 10.1. The van der Waals surface area contributed by atoms with Gasteiger partial charge in [0.25, 0.3) is 0 Å². The van der Waals surface area contributed by atoms with Crippen LogP contribution in [0.3, 0.4) is 0 Å². The Hall–Kier alpha value is -1.76. The van der Waals surface area contributed by atoms with E-state index in [0.717, 1.165) is 5.56 Å². The summed E-state index contributed by atoms with van der Waals surface area (Å²) in [6, 6.07) is 9.75. The molecule has 5 nitrogen and oxygen atoms in total. The molecule has 8 heteroatoms. The largest absolute Gasteiger partial charge is 0.341 e. The average molecular weight is 395 g/mol. The van der Waals surface area contributed by atoms with E-state index in [1.807, 2.05) is 31.2 Å². The van der Waals surface area contributed by atoms with E-state index in [9.17, 15) is 4.79 Å². The maximum absolute atomic E-state index is 12.4. The summed E-state index contributed by atoms with van der Waals surface area (Å²) in [6.45, 7) is 2.61. The Bertz CT molecular complexity index is 911. The lowest BCUT2D eigenvalue weighted by molar-refractivity contribution is -0.127. The lowest BCUT2D eigenvalue weighted by Crippen LogP contribution is -2.27. The van der Waals surface area contributed by atoms with E-state index in [1.54, 1.807) is 28.6 Å². The van der Waals surface area contributed by atoms with Gasteiger partial charge in [0.2, 0.25) is 5.91 Å². The van der Waals surface area contributed by atoms with Crippen LogP contribution in [-0.2, 0) is 11.3 Å². The second kappa shape index (κ2) is 7.64. The SMILES string of the molecule is Cc1ccc(CN(C)C(=O)CSc2nnc3c(Cl)cc(Cl)cn23)cc1. The molecular formula is C17H16Cl2N4OS. The summed E-state index contributed by atoms with van der Waals surface area (Å²) in [5.41, 5.74) is 2.82. The van der Waals surface area contributed by atoms with Gasteiger partial charge in [0.05, 0.1) is 15.8 Å². The smallest absolute Gasteiger partial charge is 0.233 e. The Morgan fingerprint density at radius 2 is 1.96 bits per heavy atom. The number of benzene rings is 1. The molecule has 2 aromatic heterocycles. The van der Waals surface area contributed by atoms with Gasteiger partial charge in [0.15, 0.2) is 10.8 Å². The number of fused-ring (bicyclic) bond motifs is 1. The summed E-state index contributed by atoms with van der Waals surface area (Å²) < 4.78 is 1.70. The van der Waals surface area contributed by atoms with Crippen LogP contribution in [0.4, 0.5) is 0 Å². The molecule has 0 aliphatic carbocycles. The molecule has 0 N–H and O–H groups in total.